The van der Waals surface area contributed by atoms with E-state index in [0.717, 1.165) is 6.92 Å². The zero-order valence-electron chi connectivity index (χ0n) is 31.8. The van der Waals surface area contributed by atoms with Crippen LogP contribution < -0.4 is 54.4 Å². The number of amides is 8. The number of aliphatic hydroxyl groups excluding tert-OH is 1. The fourth-order valence-corrected chi connectivity index (χ4v) is 5.22. The van der Waals surface area contributed by atoms with Gasteiger partial charge >= 0.3 is 11.9 Å². The Morgan fingerprint density at radius 1 is 0.632 bits per heavy atom. The summed E-state index contributed by atoms with van der Waals surface area (Å²) in [5.74, 6) is -11.6. The van der Waals surface area contributed by atoms with E-state index >= 15 is 0 Å². The van der Waals surface area contributed by atoms with Crippen LogP contribution in [0.3, 0.4) is 0 Å². The standard InChI is InChI=1S/C32H56N10O13S2/c1-14(2)8-18(40-31(53)25(15(3)43)42-30(52)19(9-22(35)44)39-26(48)16(34)12-56)28(50)38-17(6-4-5-7-33)27(49)36-11-23(45)37-20(10-24(46)47)29(51)41-21(13-57)32(54)55/h14-21,25,43,56-57H,4-13,33-34H2,1-3H3,(H2,35,44)(H,36,49)(H,37,45)(H,38,50)(H,39,48)(H,40,53)(H,41,51)(H,42,52)(H,46,47)(H,54,55)/t15-,16+,17+,18+,19+,20+,21+,25+/m1/s1. The Balaban J connectivity index is 6.05. The number of nitrogens with one attached hydrogen (secondary N) is 7. The maximum Gasteiger partial charge on any atom is 0.327 e. The summed E-state index contributed by atoms with van der Waals surface area (Å²) in [5.41, 5.74) is 16.4. The third kappa shape index (κ3) is 20.9. The van der Waals surface area contributed by atoms with E-state index in [1.165, 1.54) is 0 Å². The highest BCUT2D eigenvalue weighted by atomic mass is 32.1. The SMILES string of the molecule is CC(C)C[C@H](NC(=O)[C@@H](NC(=O)[C@H](CC(N)=O)NC(=O)[C@@H](N)CS)[C@@H](C)O)C(=O)N[C@@H](CCCCN)C(=O)NCC(=O)N[C@@H](CC(=O)O)C(=O)N[C@@H](CS)C(=O)O. The zero-order valence-corrected chi connectivity index (χ0v) is 33.6. The number of rotatable bonds is 28. The number of carbonyl (C=O) groups excluding carboxylic acids is 8. The van der Waals surface area contributed by atoms with Crippen molar-refractivity contribution in [2.75, 3.05) is 24.6 Å². The van der Waals surface area contributed by atoms with Gasteiger partial charge in [-0.1, -0.05) is 13.8 Å². The van der Waals surface area contributed by atoms with Gasteiger partial charge in [-0.3, -0.25) is 43.2 Å². The van der Waals surface area contributed by atoms with Crippen LogP contribution in [0.5, 0.6) is 0 Å². The van der Waals surface area contributed by atoms with E-state index in [1.807, 2.05) is 0 Å². The Hall–Kier alpha value is -4.72. The lowest BCUT2D eigenvalue weighted by Crippen LogP contribution is -2.61. The lowest BCUT2D eigenvalue weighted by Gasteiger charge is -2.28. The van der Waals surface area contributed by atoms with Gasteiger partial charge in [-0.2, -0.15) is 25.3 Å². The molecule has 0 fully saturated rings. The predicted octanol–water partition coefficient (Wildman–Crippen LogP) is -5.81. The van der Waals surface area contributed by atoms with E-state index in [2.05, 4.69) is 62.5 Å². The normalized spacial score (nSPS) is 15.2. The summed E-state index contributed by atoms with van der Waals surface area (Å²) in [6.07, 6.45) is -2.47. The van der Waals surface area contributed by atoms with Crippen molar-refractivity contribution in [1.29, 1.82) is 0 Å². The molecule has 0 aromatic rings. The molecule has 0 rings (SSSR count). The molecule has 0 aliphatic heterocycles. The second-order valence-corrected chi connectivity index (χ2v) is 14.0. The Morgan fingerprint density at radius 2 is 1.16 bits per heavy atom. The number of hydrogen-bond acceptors (Lipinski definition) is 15. The van der Waals surface area contributed by atoms with Gasteiger partial charge in [0.15, 0.2) is 0 Å². The maximum atomic E-state index is 13.6. The molecular weight excluding hydrogens is 797 g/mol. The summed E-state index contributed by atoms with van der Waals surface area (Å²) in [4.78, 5) is 125. The Kier molecular flexibility index (Phi) is 24.8. The van der Waals surface area contributed by atoms with Crippen molar-refractivity contribution in [3.63, 3.8) is 0 Å². The first-order valence-corrected chi connectivity index (χ1v) is 19.0. The van der Waals surface area contributed by atoms with Crippen LogP contribution >= 0.6 is 25.3 Å². The molecule has 8 amide bonds. The van der Waals surface area contributed by atoms with Crippen LogP contribution in [0.1, 0.15) is 59.3 Å². The summed E-state index contributed by atoms with van der Waals surface area (Å²) in [5, 5.41) is 44.6. The number of carboxylic acids is 2. The molecule has 0 heterocycles. The lowest BCUT2D eigenvalue weighted by atomic mass is 10.0. The zero-order chi connectivity index (χ0) is 44.0. The van der Waals surface area contributed by atoms with Crippen LogP contribution in [0.15, 0.2) is 0 Å². The molecule has 23 nitrogen and oxygen atoms in total. The summed E-state index contributed by atoms with van der Waals surface area (Å²) < 4.78 is 0. The second kappa shape index (κ2) is 27.0. The molecule has 0 aromatic carbocycles. The lowest BCUT2D eigenvalue weighted by molar-refractivity contribution is -0.143. The first-order valence-electron chi connectivity index (χ1n) is 17.7. The molecule has 8 atom stereocenters. The summed E-state index contributed by atoms with van der Waals surface area (Å²) in [6, 6.07) is -10.4. The molecule has 16 N–H and O–H groups in total. The van der Waals surface area contributed by atoms with Crippen LogP contribution in [0.25, 0.3) is 0 Å². The van der Waals surface area contributed by atoms with Crippen molar-refractivity contribution < 1.29 is 63.3 Å². The molecule has 0 spiro atoms. The van der Waals surface area contributed by atoms with Crippen LogP contribution in [0, 0.1) is 5.92 Å². The number of unbranched alkanes of at least 4 members (excludes halogenated alkanes) is 1. The van der Waals surface area contributed by atoms with Crippen molar-refractivity contribution in [3.05, 3.63) is 0 Å². The van der Waals surface area contributed by atoms with Crippen molar-refractivity contribution in [1.82, 2.24) is 37.2 Å². The van der Waals surface area contributed by atoms with Crippen molar-refractivity contribution >= 4 is 84.5 Å². The van der Waals surface area contributed by atoms with Gasteiger partial charge in [0.25, 0.3) is 0 Å². The number of nitrogens with two attached hydrogens (primary N) is 3. The van der Waals surface area contributed by atoms with Crippen LogP contribution in [-0.4, -0.2) is 148 Å². The highest BCUT2D eigenvalue weighted by molar-refractivity contribution is 7.80. The fraction of sp³-hybridized carbons (Fsp3) is 0.688. The van der Waals surface area contributed by atoms with Crippen LogP contribution in [-0.2, 0) is 47.9 Å². The van der Waals surface area contributed by atoms with E-state index in [0.29, 0.717) is 12.8 Å². The second-order valence-electron chi connectivity index (χ2n) is 13.3. The number of carboxylic acid groups (broad SMARTS) is 2. The van der Waals surface area contributed by atoms with Crippen molar-refractivity contribution in [2.24, 2.45) is 23.1 Å². The van der Waals surface area contributed by atoms with Gasteiger partial charge in [0.2, 0.25) is 47.3 Å². The molecule has 0 radical (unpaired) electrons. The number of thiol groups is 2. The Bertz CT molecular complexity index is 1440. The summed E-state index contributed by atoms with van der Waals surface area (Å²) in [6.45, 7) is 4.02. The molecule has 0 saturated carbocycles. The minimum atomic E-state index is -1.73. The van der Waals surface area contributed by atoms with Crippen molar-refractivity contribution in [2.45, 2.75) is 108 Å². The first-order chi connectivity index (χ1) is 26.6. The number of carbonyl (C=O) groups is 10. The van der Waals surface area contributed by atoms with Gasteiger partial charge in [-0.05, 0) is 45.1 Å². The molecule has 0 aliphatic rings. The minimum Gasteiger partial charge on any atom is -0.481 e. The average Bonchev–Trinajstić information content (AvgIpc) is 3.12. The van der Waals surface area contributed by atoms with E-state index in [1.54, 1.807) is 13.8 Å². The summed E-state index contributed by atoms with van der Waals surface area (Å²) in [7, 11) is 0. The molecule has 57 heavy (non-hydrogen) atoms. The third-order valence-corrected chi connectivity index (χ3v) is 8.56. The van der Waals surface area contributed by atoms with Crippen molar-refractivity contribution in [3.8, 4) is 0 Å². The largest absolute Gasteiger partial charge is 0.481 e. The molecule has 0 aliphatic carbocycles. The topological polar surface area (TPSA) is 394 Å². The third-order valence-electron chi connectivity index (χ3n) is 7.81. The smallest absolute Gasteiger partial charge is 0.327 e. The minimum absolute atomic E-state index is 0.000703. The molecule has 0 saturated heterocycles. The molecule has 0 bridgehead atoms. The predicted molar refractivity (Wildman–Crippen MR) is 208 cm³/mol. The quantitative estimate of drug-likeness (QED) is 0.0258. The molecule has 25 heteroatoms. The molecule has 0 aromatic heterocycles. The van der Waals surface area contributed by atoms with Gasteiger partial charge in [0.1, 0.15) is 36.3 Å². The first kappa shape index (κ1) is 52.3. The molecule has 0 unspecified atom stereocenters. The highest BCUT2D eigenvalue weighted by Crippen LogP contribution is 2.09. The average molecular weight is 853 g/mol. The van der Waals surface area contributed by atoms with E-state index < -0.39 is 127 Å². The van der Waals surface area contributed by atoms with E-state index in [-0.39, 0.29) is 36.8 Å². The Morgan fingerprint density at radius 3 is 1.65 bits per heavy atom. The number of primary amides is 1. The van der Waals surface area contributed by atoms with Gasteiger partial charge in [-0.15, -0.1) is 0 Å². The van der Waals surface area contributed by atoms with Crippen LogP contribution in [0.2, 0.25) is 0 Å². The Labute approximate surface area is 339 Å². The highest BCUT2D eigenvalue weighted by Gasteiger charge is 2.35. The summed E-state index contributed by atoms with van der Waals surface area (Å²) >= 11 is 7.72. The molecular formula is C32H56N10O13S2. The van der Waals surface area contributed by atoms with E-state index in [4.69, 9.17) is 22.3 Å². The number of aliphatic hydroxyl groups is 1. The number of aliphatic carboxylic acids is 2. The van der Waals surface area contributed by atoms with Gasteiger partial charge < -0.3 is 69.7 Å². The van der Waals surface area contributed by atoms with Gasteiger partial charge in [0.05, 0.1) is 31.5 Å². The number of hydrogen-bond donors (Lipinski definition) is 15. The monoisotopic (exact) mass is 852 g/mol. The molecule has 324 valence electrons. The maximum absolute atomic E-state index is 13.6. The van der Waals surface area contributed by atoms with Gasteiger partial charge in [0, 0.05) is 11.5 Å². The van der Waals surface area contributed by atoms with Crippen LogP contribution in [0.4, 0.5) is 0 Å². The van der Waals surface area contributed by atoms with E-state index in [9.17, 15) is 58.2 Å². The van der Waals surface area contributed by atoms with Gasteiger partial charge in [-0.25, -0.2) is 4.79 Å². The fourth-order valence-electron chi connectivity index (χ4n) is 4.81.